The van der Waals surface area contributed by atoms with Crippen molar-refractivity contribution in [3.63, 3.8) is 0 Å². The highest BCUT2D eigenvalue weighted by atomic mass is 16.5. The van der Waals surface area contributed by atoms with E-state index in [0.717, 1.165) is 0 Å². The molecule has 0 aliphatic heterocycles. The van der Waals surface area contributed by atoms with E-state index in [1.165, 1.54) is 0 Å². The lowest BCUT2D eigenvalue weighted by atomic mass is 10.0. The molecule has 21 heavy (non-hydrogen) atoms. The molecule has 0 unspecified atom stereocenters. The Labute approximate surface area is 122 Å². The van der Waals surface area contributed by atoms with Crippen LogP contribution in [0.1, 0.15) is 27.2 Å². The van der Waals surface area contributed by atoms with Crippen molar-refractivity contribution in [3.8, 4) is 0 Å². The van der Waals surface area contributed by atoms with Crippen LogP contribution in [0.2, 0.25) is 0 Å². The van der Waals surface area contributed by atoms with Crippen molar-refractivity contribution in [2.45, 2.75) is 33.2 Å². The van der Waals surface area contributed by atoms with Crippen molar-refractivity contribution >= 4 is 23.8 Å². The maximum atomic E-state index is 11.3. The first kappa shape index (κ1) is 21.1. The van der Waals surface area contributed by atoms with Gasteiger partial charge in [-0.15, -0.1) is 0 Å². The predicted octanol–water partition coefficient (Wildman–Crippen LogP) is -0.805. The molecule has 9 heteroatoms. The Morgan fingerprint density at radius 2 is 1.62 bits per heavy atom. The molecule has 0 bridgehead atoms. The second-order valence-corrected chi connectivity index (χ2v) is 4.37. The molecule has 0 radical (unpaired) electrons. The fourth-order valence-electron chi connectivity index (χ4n) is 1.12. The Hall–Kier alpha value is -2.16. The molecule has 122 valence electrons. The van der Waals surface area contributed by atoms with E-state index < -0.39 is 23.9 Å². The van der Waals surface area contributed by atoms with Crippen molar-refractivity contribution < 1.29 is 34.1 Å². The largest absolute Gasteiger partial charge is 0.473 e. The van der Waals surface area contributed by atoms with Gasteiger partial charge in [0.05, 0.1) is 12.6 Å². The highest BCUT2D eigenvalue weighted by Crippen LogP contribution is 2.02. The molecule has 1 amide bonds. The number of nitrogens with two attached hydrogens (primary N) is 1. The first-order valence-electron chi connectivity index (χ1n) is 6.26. The number of ether oxygens (including phenoxy) is 1. The van der Waals surface area contributed by atoms with Crippen LogP contribution in [-0.2, 0) is 23.9 Å². The molecule has 1 atom stereocenters. The van der Waals surface area contributed by atoms with Crippen molar-refractivity contribution in [3.05, 3.63) is 0 Å². The van der Waals surface area contributed by atoms with Crippen LogP contribution in [0, 0.1) is 5.92 Å². The van der Waals surface area contributed by atoms with Crippen LogP contribution >= 0.6 is 0 Å². The van der Waals surface area contributed by atoms with E-state index in [1.807, 2.05) is 13.8 Å². The quantitative estimate of drug-likeness (QED) is 0.367. The standard InChI is InChI=1S/C10H20N2O3.C2H2O4/c1-4-15-9(13)6-12-10(14)8(11)5-7(2)3;3-1(4)2(5)6/h7-8H,4-6,11H2,1-3H3,(H,12,14);(H,3,4)(H,5,6)/t8-;/m1./s1. The number of rotatable bonds is 6. The zero-order chi connectivity index (χ0) is 17.0. The number of carbonyl (C=O) groups is 4. The van der Waals surface area contributed by atoms with Gasteiger partial charge >= 0.3 is 17.9 Å². The summed E-state index contributed by atoms with van der Waals surface area (Å²) in [5, 5.41) is 17.2. The van der Waals surface area contributed by atoms with Crippen LogP contribution in [0.5, 0.6) is 0 Å². The highest BCUT2D eigenvalue weighted by molar-refractivity contribution is 6.27. The van der Waals surface area contributed by atoms with Crippen LogP contribution in [0.25, 0.3) is 0 Å². The number of carbonyl (C=O) groups excluding carboxylic acids is 2. The number of hydrogen-bond donors (Lipinski definition) is 4. The molecular formula is C12H22N2O7. The van der Waals surface area contributed by atoms with E-state index in [4.69, 9.17) is 25.5 Å². The fourth-order valence-corrected chi connectivity index (χ4v) is 1.12. The SMILES string of the molecule is CCOC(=O)CNC(=O)[C@H](N)CC(C)C.O=C(O)C(=O)O. The Kier molecular flexibility index (Phi) is 11.7. The second kappa shape index (κ2) is 11.6. The number of carboxylic acids is 2. The lowest BCUT2D eigenvalue weighted by molar-refractivity contribution is -0.159. The molecule has 0 saturated heterocycles. The minimum Gasteiger partial charge on any atom is -0.473 e. The molecule has 0 aliphatic carbocycles. The van der Waals surface area contributed by atoms with Crippen LogP contribution in [0.3, 0.4) is 0 Å². The smallest absolute Gasteiger partial charge is 0.414 e. The third-order valence-electron chi connectivity index (χ3n) is 1.96. The third-order valence-corrected chi connectivity index (χ3v) is 1.96. The van der Waals surface area contributed by atoms with Crippen molar-refractivity contribution in [1.82, 2.24) is 5.32 Å². The maximum absolute atomic E-state index is 11.3. The molecule has 0 heterocycles. The predicted molar refractivity (Wildman–Crippen MR) is 72.3 cm³/mol. The normalized spacial score (nSPS) is 10.9. The van der Waals surface area contributed by atoms with E-state index in [-0.39, 0.29) is 12.5 Å². The van der Waals surface area contributed by atoms with Crippen LogP contribution in [0.15, 0.2) is 0 Å². The summed E-state index contributed by atoms with van der Waals surface area (Å²) in [6.07, 6.45) is 0.606. The summed E-state index contributed by atoms with van der Waals surface area (Å²) < 4.78 is 4.66. The van der Waals surface area contributed by atoms with E-state index in [2.05, 4.69) is 10.1 Å². The fraction of sp³-hybridized carbons (Fsp3) is 0.667. The molecule has 0 fully saturated rings. The second-order valence-electron chi connectivity index (χ2n) is 4.37. The molecule has 0 aromatic heterocycles. The van der Waals surface area contributed by atoms with Gasteiger partial charge in [-0.25, -0.2) is 9.59 Å². The average molecular weight is 306 g/mol. The summed E-state index contributed by atoms with van der Waals surface area (Å²) in [6.45, 7) is 5.88. The molecule has 0 aliphatic rings. The summed E-state index contributed by atoms with van der Waals surface area (Å²) in [5.74, 6) is -4.04. The van der Waals surface area contributed by atoms with Crippen molar-refractivity contribution in [2.75, 3.05) is 13.2 Å². The van der Waals surface area contributed by atoms with Gasteiger partial charge < -0.3 is 26.0 Å². The summed E-state index contributed by atoms with van der Waals surface area (Å²) >= 11 is 0. The van der Waals surface area contributed by atoms with Gasteiger partial charge in [0.1, 0.15) is 6.54 Å². The van der Waals surface area contributed by atoms with Crippen molar-refractivity contribution in [1.29, 1.82) is 0 Å². The maximum Gasteiger partial charge on any atom is 0.414 e. The van der Waals surface area contributed by atoms with Crippen LogP contribution in [0.4, 0.5) is 0 Å². The van der Waals surface area contributed by atoms with Crippen LogP contribution < -0.4 is 11.1 Å². The van der Waals surface area contributed by atoms with Gasteiger partial charge in [-0.2, -0.15) is 0 Å². The first-order chi connectivity index (χ1) is 9.61. The van der Waals surface area contributed by atoms with Gasteiger partial charge in [-0.1, -0.05) is 13.8 Å². The molecule has 9 nitrogen and oxygen atoms in total. The van der Waals surface area contributed by atoms with Gasteiger partial charge in [0, 0.05) is 0 Å². The topological polar surface area (TPSA) is 156 Å². The zero-order valence-electron chi connectivity index (χ0n) is 12.3. The molecular weight excluding hydrogens is 284 g/mol. The minimum atomic E-state index is -1.82. The highest BCUT2D eigenvalue weighted by Gasteiger charge is 2.15. The molecule has 0 aromatic carbocycles. The Morgan fingerprint density at radius 3 is 1.95 bits per heavy atom. The Balaban J connectivity index is 0. The summed E-state index contributed by atoms with van der Waals surface area (Å²) in [7, 11) is 0. The average Bonchev–Trinajstić information content (AvgIpc) is 2.36. The number of esters is 1. The van der Waals surface area contributed by atoms with E-state index >= 15 is 0 Å². The molecule has 0 saturated carbocycles. The van der Waals surface area contributed by atoms with Gasteiger partial charge in [0.15, 0.2) is 0 Å². The monoisotopic (exact) mass is 306 g/mol. The van der Waals surface area contributed by atoms with Gasteiger partial charge in [-0.05, 0) is 19.3 Å². The summed E-state index contributed by atoms with van der Waals surface area (Å²) in [4.78, 5) is 40.5. The summed E-state index contributed by atoms with van der Waals surface area (Å²) in [5.41, 5.74) is 5.61. The molecule has 0 aromatic rings. The van der Waals surface area contributed by atoms with Gasteiger partial charge in [0.25, 0.3) is 0 Å². The van der Waals surface area contributed by atoms with Gasteiger partial charge in [0.2, 0.25) is 5.91 Å². The Morgan fingerprint density at radius 1 is 1.14 bits per heavy atom. The van der Waals surface area contributed by atoms with E-state index in [9.17, 15) is 9.59 Å². The number of amides is 1. The van der Waals surface area contributed by atoms with E-state index in [0.29, 0.717) is 18.9 Å². The lowest BCUT2D eigenvalue weighted by Crippen LogP contribution is -2.43. The lowest BCUT2D eigenvalue weighted by Gasteiger charge is -2.13. The van der Waals surface area contributed by atoms with E-state index in [1.54, 1.807) is 6.92 Å². The third kappa shape index (κ3) is 14.1. The Bertz CT molecular complexity index is 357. The van der Waals surface area contributed by atoms with Crippen molar-refractivity contribution in [2.24, 2.45) is 11.7 Å². The number of aliphatic carboxylic acids is 2. The van der Waals surface area contributed by atoms with Crippen LogP contribution in [-0.4, -0.2) is 53.2 Å². The number of nitrogens with one attached hydrogen (secondary N) is 1. The molecule has 5 N–H and O–H groups in total. The summed E-state index contributed by atoms with van der Waals surface area (Å²) in [6, 6.07) is -0.556. The molecule has 0 spiro atoms. The first-order valence-corrected chi connectivity index (χ1v) is 6.26. The van der Waals surface area contributed by atoms with Gasteiger partial charge in [-0.3, -0.25) is 9.59 Å². The number of carboxylic acid groups (broad SMARTS) is 2. The minimum absolute atomic E-state index is 0.113. The zero-order valence-corrected chi connectivity index (χ0v) is 12.3. The number of hydrogen-bond acceptors (Lipinski definition) is 6. The molecule has 0 rings (SSSR count).